The van der Waals surface area contributed by atoms with E-state index in [1.807, 2.05) is 31.2 Å². The van der Waals surface area contributed by atoms with Gasteiger partial charge in [0.15, 0.2) is 0 Å². The number of benzene rings is 1. The van der Waals surface area contributed by atoms with Gasteiger partial charge < -0.3 is 0 Å². The number of anilines is 1. The zero-order valence-electron chi connectivity index (χ0n) is 14.4. The Morgan fingerprint density at radius 2 is 1.92 bits per heavy atom. The third kappa shape index (κ3) is 3.41. The third-order valence-electron chi connectivity index (χ3n) is 3.95. The van der Waals surface area contributed by atoms with Crippen molar-refractivity contribution in [2.75, 3.05) is 4.31 Å². The molecule has 0 spiro atoms. The highest BCUT2D eigenvalue weighted by molar-refractivity contribution is 7.92. The van der Waals surface area contributed by atoms with Crippen LogP contribution in [0, 0.1) is 20.8 Å². The summed E-state index contributed by atoms with van der Waals surface area (Å²) in [6, 6.07) is 11.1. The van der Waals surface area contributed by atoms with Crippen LogP contribution in [0.4, 0.5) is 5.69 Å². The van der Waals surface area contributed by atoms with Crippen molar-refractivity contribution in [2.45, 2.75) is 32.2 Å². The molecule has 130 valence electrons. The second kappa shape index (κ2) is 6.68. The molecule has 6 nitrogen and oxygen atoms in total. The highest BCUT2D eigenvalue weighted by Crippen LogP contribution is 2.29. The van der Waals surface area contributed by atoms with Crippen LogP contribution in [0.5, 0.6) is 0 Å². The van der Waals surface area contributed by atoms with Crippen molar-refractivity contribution in [3.63, 3.8) is 0 Å². The molecule has 0 fully saturated rings. The largest absolute Gasteiger partial charge is 0.281 e. The molecule has 0 bridgehead atoms. The van der Waals surface area contributed by atoms with Crippen molar-refractivity contribution in [1.29, 1.82) is 0 Å². The van der Waals surface area contributed by atoms with Gasteiger partial charge in [0.25, 0.3) is 10.0 Å². The second-order valence-electron chi connectivity index (χ2n) is 5.98. The van der Waals surface area contributed by atoms with Gasteiger partial charge >= 0.3 is 0 Å². The van der Waals surface area contributed by atoms with Gasteiger partial charge in [-0.05, 0) is 50.1 Å². The summed E-state index contributed by atoms with van der Waals surface area (Å²) in [7, 11) is -3.78. The van der Waals surface area contributed by atoms with E-state index in [1.165, 1.54) is 4.31 Å². The molecule has 25 heavy (non-hydrogen) atoms. The molecule has 7 heteroatoms. The first-order chi connectivity index (χ1) is 11.9. The minimum absolute atomic E-state index is 0.198. The highest BCUT2D eigenvalue weighted by Gasteiger charge is 2.30. The first-order valence-electron chi connectivity index (χ1n) is 7.89. The summed E-state index contributed by atoms with van der Waals surface area (Å²) in [5, 5.41) is 6.80. The molecule has 0 unspecified atom stereocenters. The van der Waals surface area contributed by atoms with Crippen LogP contribution >= 0.6 is 0 Å². The first kappa shape index (κ1) is 17.2. The minimum Gasteiger partial charge on any atom is -0.281 e. The Kier molecular flexibility index (Phi) is 4.59. The topological polar surface area (TPSA) is 79.0 Å². The lowest BCUT2D eigenvalue weighted by Crippen LogP contribution is -2.31. The molecule has 0 radical (unpaired) electrons. The van der Waals surface area contributed by atoms with Gasteiger partial charge in [-0.3, -0.25) is 14.4 Å². The monoisotopic (exact) mass is 356 g/mol. The Labute approximate surface area is 147 Å². The summed E-state index contributed by atoms with van der Waals surface area (Å²) < 4.78 is 28.2. The van der Waals surface area contributed by atoms with Gasteiger partial charge in [-0.1, -0.05) is 18.2 Å². The summed E-state index contributed by atoms with van der Waals surface area (Å²) in [5.41, 5.74) is 3.41. The molecule has 0 aliphatic rings. The number of nitrogens with one attached hydrogen (secondary N) is 1. The van der Waals surface area contributed by atoms with Gasteiger partial charge in [0.1, 0.15) is 4.90 Å². The van der Waals surface area contributed by atoms with E-state index in [9.17, 15) is 8.42 Å². The number of hydrogen-bond donors (Lipinski definition) is 1. The number of aryl methyl sites for hydroxylation is 3. The van der Waals surface area contributed by atoms with Crippen molar-refractivity contribution < 1.29 is 8.42 Å². The van der Waals surface area contributed by atoms with E-state index in [0.29, 0.717) is 17.1 Å². The molecule has 0 aliphatic heterocycles. The lowest BCUT2D eigenvalue weighted by molar-refractivity contribution is 0.589. The van der Waals surface area contributed by atoms with Gasteiger partial charge in [-0.15, -0.1) is 0 Å². The van der Waals surface area contributed by atoms with Crippen molar-refractivity contribution in [2.24, 2.45) is 0 Å². The first-order valence-corrected chi connectivity index (χ1v) is 9.33. The number of rotatable bonds is 5. The molecular weight excluding hydrogens is 336 g/mol. The van der Waals surface area contributed by atoms with E-state index in [1.54, 1.807) is 38.4 Å². The van der Waals surface area contributed by atoms with E-state index < -0.39 is 10.0 Å². The molecule has 2 aromatic heterocycles. The van der Waals surface area contributed by atoms with Crippen LogP contribution in [0.25, 0.3) is 0 Å². The lowest BCUT2D eigenvalue weighted by Gasteiger charge is -2.25. The molecule has 0 amide bonds. The van der Waals surface area contributed by atoms with Crippen molar-refractivity contribution >= 4 is 15.7 Å². The van der Waals surface area contributed by atoms with Crippen LogP contribution in [-0.4, -0.2) is 23.6 Å². The maximum absolute atomic E-state index is 13.4. The van der Waals surface area contributed by atoms with E-state index in [0.717, 1.165) is 11.1 Å². The lowest BCUT2D eigenvalue weighted by atomic mass is 10.2. The van der Waals surface area contributed by atoms with Crippen molar-refractivity contribution in [1.82, 2.24) is 15.2 Å². The van der Waals surface area contributed by atoms with E-state index in [4.69, 9.17) is 0 Å². The number of aromatic amines is 1. The fraction of sp³-hybridized carbons (Fsp3) is 0.222. The van der Waals surface area contributed by atoms with Crippen molar-refractivity contribution in [3.05, 3.63) is 71.3 Å². The number of aromatic nitrogens is 3. The van der Waals surface area contributed by atoms with Gasteiger partial charge in [-0.25, -0.2) is 8.42 Å². The number of sulfonamides is 1. The normalized spacial score (nSPS) is 11.5. The number of nitrogens with zero attached hydrogens (tertiary/aromatic N) is 3. The SMILES string of the molecule is Cc1cccc(N(Cc2cccnc2)S(=O)(=O)c2c(C)n[nH]c2C)c1. The average molecular weight is 356 g/mol. The Morgan fingerprint density at radius 3 is 2.52 bits per heavy atom. The molecule has 3 aromatic rings. The van der Waals surface area contributed by atoms with Crippen LogP contribution < -0.4 is 4.31 Å². The van der Waals surface area contributed by atoms with Gasteiger partial charge in [0.2, 0.25) is 0 Å². The molecule has 1 aromatic carbocycles. The van der Waals surface area contributed by atoms with Crippen LogP contribution in [0.2, 0.25) is 0 Å². The number of pyridine rings is 1. The Bertz CT molecular complexity index is 962. The quantitative estimate of drug-likeness (QED) is 0.762. The molecular formula is C18H20N4O2S. The second-order valence-corrected chi connectivity index (χ2v) is 7.77. The molecule has 1 N–H and O–H groups in total. The summed E-state index contributed by atoms with van der Waals surface area (Å²) in [6.07, 6.45) is 3.34. The average Bonchev–Trinajstić information content (AvgIpc) is 2.93. The summed E-state index contributed by atoms with van der Waals surface area (Å²) in [6.45, 7) is 5.54. The predicted molar refractivity (Wildman–Crippen MR) is 96.8 cm³/mol. The highest BCUT2D eigenvalue weighted by atomic mass is 32.2. The van der Waals surface area contributed by atoms with Crippen LogP contribution in [0.3, 0.4) is 0 Å². The van der Waals surface area contributed by atoms with Crippen LogP contribution in [0.1, 0.15) is 22.5 Å². The standard InChI is InChI=1S/C18H20N4O2S/c1-13-6-4-8-17(10-13)22(12-16-7-5-9-19-11-16)25(23,24)18-14(2)20-21-15(18)3/h4-11H,12H2,1-3H3,(H,20,21). The Morgan fingerprint density at radius 1 is 1.12 bits per heavy atom. The zero-order chi connectivity index (χ0) is 18.0. The smallest absolute Gasteiger partial charge is 0.268 e. The van der Waals surface area contributed by atoms with Crippen LogP contribution in [0.15, 0.2) is 53.7 Å². The van der Waals surface area contributed by atoms with Crippen LogP contribution in [-0.2, 0) is 16.6 Å². The fourth-order valence-corrected chi connectivity index (χ4v) is 4.57. The molecule has 0 aliphatic carbocycles. The molecule has 0 saturated heterocycles. The minimum atomic E-state index is -3.78. The van der Waals surface area contributed by atoms with Gasteiger partial charge in [-0.2, -0.15) is 5.10 Å². The predicted octanol–water partition coefficient (Wildman–Crippen LogP) is 3.13. The maximum atomic E-state index is 13.4. The number of H-pyrrole nitrogens is 1. The molecule has 0 saturated carbocycles. The van der Waals surface area contributed by atoms with E-state index >= 15 is 0 Å². The third-order valence-corrected chi connectivity index (χ3v) is 5.98. The molecule has 0 atom stereocenters. The molecule has 3 rings (SSSR count). The fourth-order valence-electron chi connectivity index (χ4n) is 2.79. The van der Waals surface area contributed by atoms with E-state index in [2.05, 4.69) is 15.2 Å². The summed E-state index contributed by atoms with van der Waals surface area (Å²) in [5.74, 6) is 0. The van der Waals surface area contributed by atoms with Crippen molar-refractivity contribution in [3.8, 4) is 0 Å². The number of hydrogen-bond acceptors (Lipinski definition) is 4. The van der Waals surface area contributed by atoms with Gasteiger partial charge in [0, 0.05) is 12.4 Å². The molecule has 2 heterocycles. The zero-order valence-corrected chi connectivity index (χ0v) is 15.2. The Balaban J connectivity index is 2.14. The summed E-state index contributed by atoms with van der Waals surface area (Å²) >= 11 is 0. The Hall–Kier alpha value is -2.67. The maximum Gasteiger partial charge on any atom is 0.268 e. The van der Waals surface area contributed by atoms with Gasteiger partial charge in [0.05, 0.1) is 23.6 Å². The van der Waals surface area contributed by atoms with E-state index in [-0.39, 0.29) is 11.4 Å². The summed E-state index contributed by atoms with van der Waals surface area (Å²) in [4.78, 5) is 4.31.